The van der Waals surface area contributed by atoms with Gasteiger partial charge >= 0.3 is 5.69 Å². The predicted molar refractivity (Wildman–Crippen MR) is 53.0 cm³/mol. The molecule has 0 N–H and O–H groups in total. The maximum absolute atomic E-state index is 13.4. The Kier molecular flexibility index (Phi) is 4.17. The van der Waals surface area contributed by atoms with Crippen molar-refractivity contribution in [2.45, 2.75) is 20.0 Å². The highest BCUT2D eigenvalue weighted by Gasteiger charge is 2.16. The summed E-state index contributed by atoms with van der Waals surface area (Å²) in [7, 11) is 0. The molecular formula is C10H12FNO3. The van der Waals surface area contributed by atoms with Gasteiger partial charge in [0.25, 0.3) is 0 Å². The van der Waals surface area contributed by atoms with Crippen molar-refractivity contribution < 1.29 is 14.1 Å². The summed E-state index contributed by atoms with van der Waals surface area (Å²) in [6.07, 6.45) is 0.830. The maximum atomic E-state index is 13.4. The highest BCUT2D eigenvalue weighted by molar-refractivity contribution is 5.36. The SMILES string of the molecule is CCCOCc1cccc([N+](=O)[O-])c1F. The van der Waals surface area contributed by atoms with E-state index in [-0.39, 0.29) is 12.2 Å². The lowest BCUT2D eigenvalue weighted by Crippen LogP contribution is -2.00. The number of nitro groups is 1. The Morgan fingerprint density at radius 2 is 2.27 bits per heavy atom. The van der Waals surface area contributed by atoms with Gasteiger partial charge in [-0.1, -0.05) is 19.1 Å². The molecule has 0 fully saturated rings. The minimum absolute atomic E-state index is 0.0708. The van der Waals surface area contributed by atoms with Crippen LogP contribution in [-0.4, -0.2) is 11.5 Å². The van der Waals surface area contributed by atoms with E-state index in [4.69, 9.17) is 4.74 Å². The molecule has 0 aliphatic rings. The normalized spacial score (nSPS) is 10.3. The molecule has 0 spiro atoms. The average molecular weight is 213 g/mol. The summed E-state index contributed by atoms with van der Waals surface area (Å²) >= 11 is 0. The van der Waals surface area contributed by atoms with E-state index in [2.05, 4.69) is 0 Å². The van der Waals surface area contributed by atoms with Crippen molar-refractivity contribution in [1.29, 1.82) is 0 Å². The van der Waals surface area contributed by atoms with E-state index in [0.29, 0.717) is 6.61 Å². The van der Waals surface area contributed by atoms with Crippen molar-refractivity contribution in [2.75, 3.05) is 6.61 Å². The molecule has 0 amide bonds. The quantitative estimate of drug-likeness (QED) is 0.429. The molecule has 0 aromatic heterocycles. The molecule has 1 aromatic rings. The monoisotopic (exact) mass is 213 g/mol. The lowest BCUT2D eigenvalue weighted by molar-refractivity contribution is -0.387. The number of hydrogen-bond acceptors (Lipinski definition) is 3. The van der Waals surface area contributed by atoms with Crippen LogP contribution in [-0.2, 0) is 11.3 Å². The van der Waals surface area contributed by atoms with Crippen molar-refractivity contribution in [1.82, 2.24) is 0 Å². The van der Waals surface area contributed by atoms with Crippen LogP contribution >= 0.6 is 0 Å². The summed E-state index contributed by atoms with van der Waals surface area (Å²) in [5.41, 5.74) is -0.287. The van der Waals surface area contributed by atoms with Crippen LogP contribution in [0.15, 0.2) is 18.2 Å². The van der Waals surface area contributed by atoms with Gasteiger partial charge in [0.1, 0.15) is 0 Å². The molecular weight excluding hydrogens is 201 g/mol. The lowest BCUT2D eigenvalue weighted by Gasteiger charge is -2.04. The molecule has 0 aliphatic heterocycles. The van der Waals surface area contributed by atoms with Gasteiger partial charge in [-0.25, -0.2) is 0 Å². The molecule has 0 atom stereocenters. The van der Waals surface area contributed by atoms with Crippen LogP contribution in [0.25, 0.3) is 0 Å². The molecule has 0 aliphatic carbocycles. The maximum Gasteiger partial charge on any atom is 0.305 e. The van der Waals surface area contributed by atoms with Crippen molar-refractivity contribution in [2.24, 2.45) is 0 Å². The van der Waals surface area contributed by atoms with Crippen LogP contribution in [0.4, 0.5) is 10.1 Å². The summed E-state index contributed by atoms with van der Waals surface area (Å²) in [5, 5.41) is 10.4. The number of halogens is 1. The van der Waals surface area contributed by atoms with Crippen molar-refractivity contribution in [3.8, 4) is 0 Å². The minimum Gasteiger partial charge on any atom is -0.377 e. The van der Waals surface area contributed by atoms with Crippen LogP contribution in [0.2, 0.25) is 0 Å². The molecule has 0 bridgehead atoms. The third-order valence-electron chi connectivity index (χ3n) is 1.86. The highest BCUT2D eigenvalue weighted by Crippen LogP contribution is 2.20. The zero-order valence-electron chi connectivity index (χ0n) is 8.40. The largest absolute Gasteiger partial charge is 0.377 e. The van der Waals surface area contributed by atoms with Gasteiger partial charge in [-0.15, -0.1) is 0 Å². The number of rotatable bonds is 5. The number of benzene rings is 1. The van der Waals surface area contributed by atoms with Gasteiger partial charge in [0.05, 0.1) is 11.5 Å². The smallest absolute Gasteiger partial charge is 0.305 e. The fraction of sp³-hybridized carbons (Fsp3) is 0.400. The first-order valence-corrected chi connectivity index (χ1v) is 4.66. The van der Waals surface area contributed by atoms with Crippen LogP contribution in [0.3, 0.4) is 0 Å². The Morgan fingerprint density at radius 1 is 1.53 bits per heavy atom. The minimum atomic E-state index is -0.807. The number of nitrogens with zero attached hydrogens (tertiary/aromatic N) is 1. The molecule has 0 saturated heterocycles. The van der Waals surface area contributed by atoms with E-state index in [1.165, 1.54) is 12.1 Å². The van der Waals surface area contributed by atoms with Gasteiger partial charge in [-0.3, -0.25) is 10.1 Å². The molecule has 0 heterocycles. The summed E-state index contributed by atoms with van der Waals surface area (Å²) in [4.78, 5) is 9.69. The molecule has 0 unspecified atom stereocenters. The van der Waals surface area contributed by atoms with Gasteiger partial charge < -0.3 is 4.74 Å². The van der Waals surface area contributed by atoms with Crippen LogP contribution in [0.1, 0.15) is 18.9 Å². The second-order valence-electron chi connectivity index (χ2n) is 3.06. The van der Waals surface area contributed by atoms with Gasteiger partial charge in [-0.2, -0.15) is 4.39 Å². The predicted octanol–water partition coefficient (Wildman–Crippen LogP) is 2.66. The van der Waals surface area contributed by atoms with E-state index >= 15 is 0 Å². The zero-order valence-corrected chi connectivity index (χ0v) is 8.40. The molecule has 4 nitrogen and oxygen atoms in total. The third kappa shape index (κ3) is 2.99. The zero-order chi connectivity index (χ0) is 11.3. The van der Waals surface area contributed by atoms with E-state index < -0.39 is 16.4 Å². The Morgan fingerprint density at radius 3 is 2.87 bits per heavy atom. The summed E-state index contributed by atoms with van der Waals surface area (Å²) in [6, 6.07) is 4.07. The molecule has 5 heteroatoms. The lowest BCUT2D eigenvalue weighted by atomic mass is 10.2. The van der Waals surface area contributed by atoms with Gasteiger partial charge in [0.2, 0.25) is 5.82 Å². The fourth-order valence-corrected chi connectivity index (χ4v) is 1.15. The molecule has 1 rings (SSSR count). The molecule has 82 valence electrons. The average Bonchev–Trinajstić information content (AvgIpc) is 2.20. The van der Waals surface area contributed by atoms with E-state index in [1.54, 1.807) is 0 Å². The number of nitro benzene ring substituents is 1. The topological polar surface area (TPSA) is 52.4 Å². The number of ether oxygens (including phenoxy) is 1. The summed E-state index contributed by atoms with van der Waals surface area (Å²) in [6.45, 7) is 2.52. The Balaban J connectivity index is 2.80. The first-order chi connectivity index (χ1) is 7.16. The number of hydrogen-bond donors (Lipinski definition) is 0. The summed E-state index contributed by atoms with van der Waals surface area (Å²) < 4.78 is 18.6. The Labute approximate surface area is 86.8 Å². The second kappa shape index (κ2) is 5.41. The molecule has 0 radical (unpaired) electrons. The van der Waals surface area contributed by atoms with Crippen LogP contribution in [0.5, 0.6) is 0 Å². The fourth-order valence-electron chi connectivity index (χ4n) is 1.15. The molecule has 1 aromatic carbocycles. The van der Waals surface area contributed by atoms with Crippen molar-refractivity contribution in [3.05, 3.63) is 39.7 Å². The van der Waals surface area contributed by atoms with Crippen molar-refractivity contribution in [3.63, 3.8) is 0 Å². The van der Waals surface area contributed by atoms with Crippen LogP contribution < -0.4 is 0 Å². The first-order valence-electron chi connectivity index (χ1n) is 4.66. The molecule has 0 saturated carbocycles. The van der Waals surface area contributed by atoms with E-state index in [9.17, 15) is 14.5 Å². The Bertz CT molecular complexity index is 355. The third-order valence-corrected chi connectivity index (χ3v) is 1.86. The summed E-state index contributed by atoms with van der Waals surface area (Å²) in [5.74, 6) is -0.807. The van der Waals surface area contributed by atoms with Crippen LogP contribution in [0, 0.1) is 15.9 Å². The standard InChI is InChI=1S/C10H12FNO3/c1-2-6-15-7-8-4-3-5-9(10(8)11)12(13)14/h3-5H,2,6-7H2,1H3. The Hall–Kier alpha value is -1.49. The first kappa shape index (κ1) is 11.6. The van der Waals surface area contributed by atoms with Gasteiger partial charge in [0, 0.05) is 18.2 Å². The second-order valence-corrected chi connectivity index (χ2v) is 3.06. The van der Waals surface area contributed by atoms with Gasteiger partial charge in [0.15, 0.2) is 0 Å². The van der Waals surface area contributed by atoms with Crippen molar-refractivity contribution >= 4 is 5.69 Å². The molecule has 15 heavy (non-hydrogen) atoms. The van der Waals surface area contributed by atoms with E-state index in [0.717, 1.165) is 12.5 Å². The highest BCUT2D eigenvalue weighted by atomic mass is 19.1. The van der Waals surface area contributed by atoms with E-state index in [1.807, 2.05) is 6.92 Å². The van der Waals surface area contributed by atoms with Gasteiger partial charge in [-0.05, 0) is 6.42 Å².